The maximum atomic E-state index is 11.8. The lowest BCUT2D eigenvalue weighted by molar-refractivity contribution is -0.0598. The molecule has 0 aromatic rings. The van der Waals surface area contributed by atoms with E-state index in [0.29, 0.717) is 0 Å². The molecule has 0 amide bonds. The van der Waals surface area contributed by atoms with Gasteiger partial charge >= 0.3 is 0 Å². The third-order valence-electron chi connectivity index (χ3n) is 3.84. The normalized spacial score (nSPS) is 32.5. The largest absolute Gasteiger partial charge is 0.327 e. The lowest BCUT2D eigenvalue weighted by atomic mass is 9.49. The van der Waals surface area contributed by atoms with Crippen LogP contribution in [0.1, 0.15) is 27.7 Å². The summed E-state index contributed by atoms with van der Waals surface area (Å²) in [6, 6.07) is -0.141. The van der Waals surface area contributed by atoms with Crippen LogP contribution in [-0.2, 0) is 10.2 Å². The zero-order valence-corrected chi connectivity index (χ0v) is 11.7. The van der Waals surface area contributed by atoms with E-state index in [1.54, 1.807) is 0 Å². The summed E-state index contributed by atoms with van der Waals surface area (Å²) in [6.07, 6.45) is 0. The van der Waals surface area contributed by atoms with Gasteiger partial charge in [-0.15, -0.1) is 0 Å². The summed E-state index contributed by atoms with van der Waals surface area (Å²) in [4.78, 5) is 0. The van der Waals surface area contributed by atoms with Crippen LogP contribution in [0.2, 0.25) is 0 Å². The van der Waals surface area contributed by atoms with Crippen molar-refractivity contribution in [3.05, 3.63) is 0 Å². The molecule has 0 heterocycles. The maximum absolute atomic E-state index is 11.8. The molecule has 0 spiro atoms. The second-order valence-corrected chi connectivity index (χ2v) is 7.87. The van der Waals surface area contributed by atoms with E-state index in [2.05, 4.69) is 4.72 Å². The first-order chi connectivity index (χ1) is 6.94. The van der Waals surface area contributed by atoms with Crippen molar-refractivity contribution >= 4 is 10.2 Å². The van der Waals surface area contributed by atoms with Gasteiger partial charge < -0.3 is 5.73 Å². The minimum Gasteiger partial charge on any atom is -0.327 e. The molecule has 0 bridgehead atoms. The van der Waals surface area contributed by atoms with Gasteiger partial charge in [-0.1, -0.05) is 27.7 Å². The van der Waals surface area contributed by atoms with Gasteiger partial charge in [0.1, 0.15) is 0 Å². The number of rotatable bonds is 3. The van der Waals surface area contributed by atoms with Crippen LogP contribution in [0.25, 0.3) is 0 Å². The summed E-state index contributed by atoms with van der Waals surface area (Å²) in [5.41, 5.74) is 5.64. The van der Waals surface area contributed by atoms with Gasteiger partial charge in [0.2, 0.25) is 0 Å². The minimum absolute atomic E-state index is 0.00476. The van der Waals surface area contributed by atoms with Gasteiger partial charge in [-0.2, -0.15) is 17.4 Å². The minimum atomic E-state index is -3.40. The van der Waals surface area contributed by atoms with Crippen molar-refractivity contribution < 1.29 is 8.42 Å². The third kappa shape index (κ3) is 1.88. The summed E-state index contributed by atoms with van der Waals surface area (Å²) in [6.45, 7) is 7.97. The average Bonchev–Trinajstić information content (AvgIpc) is 2.12. The fourth-order valence-corrected chi connectivity index (χ4v) is 3.85. The summed E-state index contributed by atoms with van der Waals surface area (Å²) < 4.78 is 27.5. The molecule has 1 rings (SSSR count). The van der Waals surface area contributed by atoms with Crippen molar-refractivity contribution in [1.29, 1.82) is 0 Å². The molecule has 6 heteroatoms. The number of nitrogens with one attached hydrogen (secondary N) is 1. The molecule has 5 nitrogen and oxygen atoms in total. The van der Waals surface area contributed by atoms with Gasteiger partial charge in [0.25, 0.3) is 10.2 Å². The van der Waals surface area contributed by atoms with Crippen LogP contribution >= 0.6 is 0 Å². The van der Waals surface area contributed by atoms with E-state index in [4.69, 9.17) is 5.73 Å². The number of nitrogens with zero attached hydrogens (tertiary/aromatic N) is 1. The topological polar surface area (TPSA) is 75.4 Å². The molecule has 1 aliphatic rings. The predicted octanol–water partition coefficient (Wildman–Crippen LogP) is 0.144. The fourth-order valence-electron chi connectivity index (χ4n) is 2.74. The summed E-state index contributed by atoms with van der Waals surface area (Å²) in [5.74, 6) is 0. The zero-order valence-electron chi connectivity index (χ0n) is 10.9. The van der Waals surface area contributed by atoms with Crippen LogP contribution in [-0.4, -0.2) is 38.9 Å². The van der Waals surface area contributed by atoms with Gasteiger partial charge in [0.15, 0.2) is 0 Å². The van der Waals surface area contributed by atoms with E-state index in [1.165, 1.54) is 18.4 Å². The number of hydrogen-bond acceptors (Lipinski definition) is 3. The van der Waals surface area contributed by atoms with Crippen molar-refractivity contribution in [2.24, 2.45) is 16.6 Å². The van der Waals surface area contributed by atoms with Gasteiger partial charge in [0, 0.05) is 26.2 Å². The van der Waals surface area contributed by atoms with Crippen molar-refractivity contribution in [3.63, 3.8) is 0 Å². The number of hydrogen-bond donors (Lipinski definition) is 2. The molecule has 1 saturated carbocycles. The first-order valence-electron chi connectivity index (χ1n) is 5.39. The molecule has 96 valence electrons. The highest BCUT2D eigenvalue weighted by Crippen LogP contribution is 2.52. The lowest BCUT2D eigenvalue weighted by Crippen LogP contribution is -2.76. The SMILES string of the molecule is CN(C)S(=O)(=O)NC1C(C)(C)C(N)C1(C)C. The molecule has 0 saturated heterocycles. The summed E-state index contributed by atoms with van der Waals surface area (Å²) in [5, 5.41) is 0. The molecule has 16 heavy (non-hydrogen) atoms. The van der Waals surface area contributed by atoms with E-state index >= 15 is 0 Å². The molecular formula is C10H23N3O2S. The smallest absolute Gasteiger partial charge is 0.279 e. The highest BCUT2D eigenvalue weighted by atomic mass is 32.2. The lowest BCUT2D eigenvalue weighted by Gasteiger charge is -2.62. The van der Waals surface area contributed by atoms with E-state index in [-0.39, 0.29) is 22.9 Å². The van der Waals surface area contributed by atoms with Crippen molar-refractivity contribution in [2.45, 2.75) is 39.8 Å². The monoisotopic (exact) mass is 249 g/mol. The quantitative estimate of drug-likeness (QED) is 0.747. The Hall–Kier alpha value is -0.170. The molecule has 0 aromatic heterocycles. The molecule has 3 N–H and O–H groups in total. The molecule has 0 radical (unpaired) electrons. The molecule has 0 atom stereocenters. The molecule has 0 unspecified atom stereocenters. The van der Waals surface area contributed by atoms with Crippen LogP contribution < -0.4 is 10.5 Å². The average molecular weight is 249 g/mol. The van der Waals surface area contributed by atoms with Crippen molar-refractivity contribution in [2.75, 3.05) is 14.1 Å². The van der Waals surface area contributed by atoms with Gasteiger partial charge in [-0.3, -0.25) is 0 Å². The Morgan fingerprint density at radius 2 is 1.50 bits per heavy atom. The summed E-state index contributed by atoms with van der Waals surface area (Å²) in [7, 11) is -0.366. The van der Waals surface area contributed by atoms with E-state index < -0.39 is 10.2 Å². The van der Waals surface area contributed by atoms with Crippen LogP contribution in [0.15, 0.2) is 0 Å². The Morgan fingerprint density at radius 1 is 1.12 bits per heavy atom. The highest BCUT2D eigenvalue weighted by molar-refractivity contribution is 7.87. The Labute approximate surface area is 98.6 Å². The first-order valence-corrected chi connectivity index (χ1v) is 6.83. The van der Waals surface area contributed by atoms with E-state index in [1.807, 2.05) is 27.7 Å². The Morgan fingerprint density at radius 3 is 1.81 bits per heavy atom. The summed E-state index contributed by atoms with van der Waals surface area (Å²) >= 11 is 0. The Balaban J connectivity index is 2.92. The van der Waals surface area contributed by atoms with E-state index in [9.17, 15) is 8.42 Å². The molecule has 1 fully saturated rings. The standard InChI is InChI=1S/C10H23N3O2S/c1-9(2)7(11)10(3,4)8(9)12-16(14,15)13(5)6/h7-8,12H,11H2,1-6H3. The van der Waals surface area contributed by atoms with Gasteiger partial charge in [-0.25, -0.2) is 0 Å². The van der Waals surface area contributed by atoms with Gasteiger partial charge in [-0.05, 0) is 10.8 Å². The van der Waals surface area contributed by atoms with Crippen molar-refractivity contribution in [3.8, 4) is 0 Å². The highest BCUT2D eigenvalue weighted by Gasteiger charge is 2.61. The Bertz CT molecular complexity index is 358. The third-order valence-corrected chi connectivity index (χ3v) is 5.33. The predicted molar refractivity (Wildman–Crippen MR) is 65.1 cm³/mol. The van der Waals surface area contributed by atoms with Crippen LogP contribution in [0, 0.1) is 10.8 Å². The van der Waals surface area contributed by atoms with Crippen LogP contribution in [0.3, 0.4) is 0 Å². The first kappa shape index (κ1) is 13.9. The molecular weight excluding hydrogens is 226 g/mol. The molecule has 1 aliphatic carbocycles. The molecule has 0 aliphatic heterocycles. The molecule has 0 aromatic carbocycles. The maximum Gasteiger partial charge on any atom is 0.279 e. The Kier molecular flexibility index (Phi) is 3.18. The second-order valence-electron chi connectivity index (χ2n) is 5.96. The van der Waals surface area contributed by atoms with E-state index in [0.717, 1.165) is 0 Å². The number of nitrogens with two attached hydrogens (primary N) is 1. The zero-order chi connectivity index (χ0) is 12.9. The fraction of sp³-hybridized carbons (Fsp3) is 1.00. The van der Waals surface area contributed by atoms with Gasteiger partial charge in [0.05, 0.1) is 0 Å². The van der Waals surface area contributed by atoms with Crippen LogP contribution in [0.4, 0.5) is 0 Å². The second kappa shape index (κ2) is 3.66. The van der Waals surface area contributed by atoms with Crippen molar-refractivity contribution in [1.82, 2.24) is 9.03 Å². The van der Waals surface area contributed by atoms with Crippen LogP contribution in [0.5, 0.6) is 0 Å².